The molecule has 0 fully saturated rings. The average Bonchev–Trinajstić information content (AvgIpc) is 3.18. The Labute approximate surface area is 182 Å². The molecule has 0 radical (unpaired) electrons. The van der Waals surface area contributed by atoms with Gasteiger partial charge in [0.05, 0.1) is 18.1 Å². The summed E-state index contributed by atoms with van der Waals surface area (Å²) in [4.78, 5) is 37.1. The third-order valence-corrected chi connectivity index (χ3v) is 4.57. The summed E-state index contributed by atoms with van der Waals surface area (Å²) in [7, 11) is 3.39. The standard InChI is InChI=1S/C21H20N8O3/c1-13-23-11-17(21(31)29(13)3)20(30)27-18-5-4-16(10-24-18)32-15-6-7-22-19(8-15)26-14-9-25-28(2)12-14/h4-12H,1-3H3,(H,22,26)(H,24,27,30). The molecular weight excluding hydrogens is 412 g/mol. The quantitative estimate of drug-likeness (QED) is 0.475. The van der Waals surface area contributed by atoms with Gasteiger partial charge in [-0.3, -0.25) is 18.8 Å². The Bertz CT molecular complexity index is 1330. The molecule has 4 heterocycles. The van der Waals surface area contributed by atoms with Crippen molar-refractivity contribution in [3.8, 4) is 11.5 Å². The van der Waals surface area contributed by atoms with Gasteiger partial charge in [0.1, 0.15) is 34.5 Å². The van der Waals surface area contributed by atoms with Gasteiger partial charge in [-0.2, -0.15) is 5.10 Å². The fourth-order valence-corrected chi connectivity index (χ4v) is 2.79. The number of amides is 1. The number of nitrogens with zero attached hydrogens (tertiary/aromatic N) is 6. The molecule has 1 amide bonds. The van der Waals surface area contributed by atoms with Crippen molar-refractivity contribution in [3.05, 3.63) is 77.0 Å². The lowest BCUT2D eigenvalue weighted by Gasteiger charge is -2.09. The number of aryl methyl sites for hydroxylation is 2. The van der Waals surface area contributed by atoms with Crippen LogP contribution in [-0.2, 0) is 14.1 Å². The number of pyridine rings is 2. The van der Waals surface area contributed by atoms with Crippen LogP contribution >= 0.6 is 0 Å². The number of rotatable bonds is 6. The minimum absolute atomic E-state index is 0.0642. The Morgan fingerprint density at radius 1 is 1.00 bits per heavy atom. The number of ether oxygens (including phenoxy) is 1. The number of aromatic nitrogens is 6. The molecule has 0 atom stereocenters. The lowest BCUT2D eigenvalue weighted by Crippen LogP contribution is -2.29. The smallest absolute Gasteiger partial charge is 0.266 e. The van der Waals surface area contributed by atoms with Crippen LogP contribution in [0, 0.1) is 6.92 Å². The lowest BCUT2D eigenvalue weighted by atomic mass is 10.3. The molecule has 0 aliphatic rings. The molecule has 0 saturated heterocycles. The second-order valence-electron chi connectivity index (χ2n) is 6.92. The van der Waals surface area contributed by atoms with Crippen molar-refractivity contribution < 1.29 is 9.53 Å². The Kier molecular flexibility index (Phi) is 5.62. The van der Waals surface area contributed by atoms with Crippen LogP contribution in [0.2, 0.25) is 0 Å². The number of hydrogen-bond donors (Lipinski definition) is 2. The topological polar surface area (TPSA) is 129 Å². The first-order chi connectivity index (χ1) is 15.4. The molecule has 4 rings (SSSR count). The summed E-state index contributed by atoms with van der Waals surface area (Å²) < 4.78 is 8.81. The van der Waals surface area contributed by atoms with E-state index in [-0.39, 0.29) is 11.4 Å². The first-order valence-corrected chi connectivity index (χ1v) is 9.58. The third kappa shape index (κ3) is 4.61. The summed E-state index contributed by atoms with van der Waals surface area (Å²) in [6.07, 6.45) is 7.86. The van der Waals surface area contributed by atoms with Crippen LogP contribution in [0.4, 0.5) is 17.3 Å². The average molecular weight is 432 g/mol. The van der Waals surface area contributed by atoms with Gasteiger partial charge < -0.3 is 15.4 Å². The van der Waals surface area contributed by atoms with Crippen molar-refractivity contribution in [2.45, 2.75) is 6.92 Å². The highest BCUT2D eigenvalue weighted by Crippen LogP contribution is 2.24. The monoisotopic (exact) mass is 432 g/mol. The molecule has 11 heteroatoms. The minimum Gasteiger partial charge on any atom is -0.456 e. The van der Waals surface area contributed by atoms with E-state index >= 15 is 0 Å². The molecule has 11 nitrogen and oxygen atoms in total. The van der Waals surface area contributed by atoms with Gasteiger partial charge in [0, 0.05) is 38.8 Å². The maximum absolute atomic E-state index is 12.4. The third-order valence-electron chi connectivity index (χ3n) is 4.57. The van der Waals surface area contributed by atoms with Crippen LogP contribution in [0.15, 0.2) is 60.0 Å². The molecule has 0 bridgehead atoms. The summed E-state index contributed by atoms with van der Waals surface area (Å²) in [6.45, 7) is 1.68. The fraction of sp³-hybridized carbons (Fsp3) is 0.143. The van der Waals surface area contributed by atoms with E-state index in [1.54, 1.807) is 55.3 Å². The molecule has 4 aromatic heterocycles. The Hall–Kier alpha value is -4.54. The second kappa shape index (κ2) is 8.68. The van der Waals surface area contributed by atoms with Gasteiger partial charge in [0.15, 0.2) is 0 Å². The maximum atomic E-state index is 12.4. The Balaban J connectivity index is 1.42. The first kappa shape index (κ1) is 20.7. The molecule has 0 unspecified atom stereocenters. The lowest BCUT2D eigenvalue weighted by molar-refractivity contribution is 0.102. The van der Waals surface area contributed by atoms with Crippen LogP contribution < -0.4 is 20.9 Å². The van der Waals surface area contributed by atoms with E-state index in [0.29, 0.717) is 23.1 Å². The van der Waals surface area contributed by atoms with Gasteiger partial charge in [-0.15, -0.1) is 0 Å². The maximum Gasteiger partial charge on any atom is 0.266 e. The summed E-state index contributed by atoms with van der Waals surface area (Å²) in [5.74, 6) is 1.83. The van der Waals surface area contributed by atoms with E-state index in [2.05, 4.69) is 30.7 Å². The van der Waals surface area contributed by atoms with Crippen LogP contribution in [0.25, 0.3) is 0 Å². The van der Waals surface area contributed by atoms with Crippen LogP contribution in [0.3, 0.4) is 0 Å². The van der Waals surface area contributed by atoms with E-state index in [9.17, 15) is 9.59 Å². The van der Waals surface area contributed by atoms with Crippen molar-refractivity contribution in [1.29, 1.82) is 0 Å². The molecule has 2 N–H and O–H groups in total. The minimum atomic E-state index is -0.584. The Morgan fingerprint density at radius 2 is 1.84 bits per heavy atom. The number of anilines is 3. The summed E-state index contributed by atoms with van der Waals surface area (Å²) in [5, 5.41) is 9.83. The van der Waals surface area contributed by atoms with E-state index in [1.165, 1.54) is 17.0 Å². The van der Waals surface area contributed by atoms with Gasteiger partial charge in [0.2, 0.25) is 0 Å². The number of carbonyl (C=O) groups excluding carboxylic acids is 1. The molecular formula is C21H20N8O3. The summed E-state index contributed by atoms with van der Waals surface area (Å²) in [6, 6.07) is 6.69. The largest absolute Gasteiger partial charge is 0.456 e. The summed E-state index contributed by atoms with van der Waals surface area (Å²) in [5.41, 5.74) is 0.312. The van der Waals surface area contributed by atoms with E-state index in [1.807, 2.05) is 13.2 Å². The molecule has 0 aliphatic heterocycles. The van der Waals surface area contributed by atoms with Crippen molar-refractivity contribution in [2.24, 2.45) is 14.1 Å². The van der Waals surface area contributed by atoms with Crippen molar-refractivity contribution in [1.82, 2.24) is 29.3 Å². The van der Waals surface area contributed by atoms with E-state index in [4.69, 9.17) is 4.74 Å². The Morgan fingerprint density at radius 3 is 2.56 bits per heavy atom. The van der Waals surface area contributed by atoms with E-state index < -0.39 is 11.5 Å². The number of hydrogen-bond acceptors (Lipinski definition) is 8. The van der Waals surface area contributed by atoms with Crippen molar-refractivity contribution in [2.75, 3.05) is 10.6 Å². The predicted octanol–water partition coefficient (Wildman–Crippen LogP) is 2.40. The fourth-order valence-electron chi connectivity index (χ4n) is 2.79. The molecule has 0 aromatic carbocycles. The van der Waals surface area contributed by atoms with Gasteiger partial charge in [-0.05, 0) is 25.1 Å². The SMILES string of the molecule is Cc1ncc(C(=O)Nc2ccc(Oc3ccnc(Nc4cnn(C)c4)c3)cn2)c(=O)n1C. The van der Waals surface area contributed by atoms with Crippen molar-refractivity contribution >= 4 is 23.2 Å². The normalized spacial score (nSPS) is 10.6. The summed E-state index contributed by atoms with van der Waals surface area (Å²) >= 11 is 0. The highest BCUT2D eigenvalue weighted by atomic mass is 16.5. The van der Waals surface area contributed by atoms with Gasteiger partial charge in [-0.1, -0.05) is 0 Å². The molecule has 0 aliphatic carbocycles. The molecule has 0 spiro atoms. The van der Waals surface area contributed by atoms with Gasteiger partial charge in [-0.25, -0.2) is 15.0 Å². The molecule has 162 valence electrons. The zero-order chi connectivity index (χ0) is 22.7. The molecule has 32 heavy (non-hydrogen) atoms. The zero-order valence-electron chi connectivity index (χ0n) is 17.6. The van der Waals surface area contributed by atoms with E-state index in [0.717, 1.165) is 5.69 Å². The molecule has 0 saturated carbocycles. The van der Waals surface area contributed by atoms with Gasteiger partial charge >= 0.3 is 0 Å². The van der Waals surface area contributed by atoms with Crippen molar-refractivity contribution in [3.63, 3.8) is 0 Å². The van der Waals surface area contributed by atoms with Crippen LogP contribution in [-0.4, -0.2) is 35.2 Å². The predicted molar refractivity (Wildman–Crippen MR) is 117 cm³/mol. The first-order valence-electron chi connectivity index (χ1n) is 9.58. The van der Waals surface area contributed by atoms with Gasteiger partial charge in [0.25, 0.3) is 11.5 Å². The molecule has 4 aromatic rings. The second-order valence-corrected chi connectivity index (χ2v) is 6.92. The van der Waals surface area contributed by atoms with Crippen LogP contribution in [0.5, 0.6) is 11.5 Å². The number of carbonyl (C=O) groups is 1. The highest BCUT2D eigenvalue weighted by molar-refractivity contribution is 6.03. The number of nitrogens with one attached hydrogen (secondary N) is 2. The zero-order valence-corrected chi connectivity index (χ0v) is 17.6. The highest BCUT2D eigenvalue weighted by Gasteiger charge is 2.14. The van der Waals surface area contributed by atoms with Crippen LogP contribution in [0.1, 0.15) is 16.2 Å².